The third-order valence-electron chi connectivity index (χ3n) is 9.28. The normalized spacial score (nSPS) is 40.2. The number of allylic oxidation sites excluding steroid dienone is 1. The van der Waals surface area contributed by atoms with Crippen LogP contribution in [0.15, 0.2) is 11.6 Å². The summed E-state index contributed by atoms with van der Waals surface area (Å²) in [5.74, 6) is 1.68. The molecule has 4 rings (SSSR count). The zero-order valence-corrected chi connectivity index (χ0v) is 22.0. The molecular weight excluding hydrogens is 439 g/mol. The highest BCUT2D eigenvalue weighted by Crippen LogP contribution is 2.67. The monoisotopic (exact) mass is 480 g/mol. The van der Waals surface area contributed by atoms with E-state index in [9.17, 15) is 14.2 Å². The topological polar surface area (TPSA) is 78.9 Å². The summed E-state index contributed by atoms with van der Waals surface area (Å²) in [6.07, 6.45) is 9.77. The van der Waals surface area contributed by atoms with Gasteiger partial charge in [-0.1, -0.05) is 19.4 Å². The molecule has 1 unspecified atom stereocenters. The predicted molar refractivity (Wildman–Crippen MR) is 127 cm³/mol. The van der Waals surface area contributed by atoms with Crippen molar-refractivity contribution < 1.29 is 27.9 Å². The van der Waals surface area contributed by atoms with Crippen molar-refractivity contribution in [1.82, 2.24) is 0 Å². The second-order valence-corrected chi connectivity index (χ2v) is 14.4. The fraction of sp³-hybridized carbons (Fsp3) is 0.846. The van der Waals surface area contributed by atoms with E-state index in [0.29, 0.717) is 30.0 Å². The van der Waals surface area contributed by atoms with Crippen LogP contribution in [0.3, 0.4) is 0 Å². The molecule has 0 aromatic carbocycles. The zero-order chi connectivity index (χ0) is 24.2. The average molecular weight is 481 g/mol. The molecule has 0 aromatic heterocycles. The zero-order valence-electron chi connectivity index (χ0n) is 21.1. The molecule has 7 atom stereocenters. The van der Waals surface area contributed by atoms with Crippen LogP contribution in [0.4, 0.5) is 0 Å². The largest absolute Gasteiger partial charge is 0.438 e. The Morgan fingerprint density at radius 3 is 2.52 bits per heavy atom. The highest BCUT2D eigenvalue weighted by Gasteiger charge is 2.60. The molecule has 4 aliphatic rings. The summed E-state index contributed by atoms with van der Waals surface area (Å²) >= 11 is 0. The van der Waals surface area contributed by atoms with Crippen LogP contribution in [0.5, 0.6) is 0 Å². The lowest BCUT2D eigenvalue weighted by atomic mass is 9.47. The number of ketones is 1. The molecule has 33 heavy (non-hydrogen) atoms. The third kappa shape index (κ3) is 4.65. The molecule has 0 saturated heterocycles. The summed E-state index contributed by atoms with van der Waals surface area (Å²) in [6.45, 7) is 11.1. The molecular formula is C26H41O6P. The highest BCUT2D eigenvalue weighted by molar-refractivity contribution is 7.53. The Morgan fingerprint density at radius 2 is 1.82 bits per heavy atom. The summed E-state index contributed by atoms with van der Waals surface area (Å²) in [4.78, 5) is 24.0. The van der Waals surface area contributed by atoms with Crippen molar-refractivity contribution in [3.8, 4) is 0 Å². The van der Waals surface area contributed by atoms with Crippen molar-refractivity contribution in [2.24, 2.45) is 34.0 Å². The number of carbonyl (C=O) groups is 2. The van der Waals surface area contributed by atoms with E-state index in [-0.39, 0.29) is 23.7 Å². The predicted octanol–water partition coefficient (Wildman–Crippen LogP) is 6.29. The minimum atomic E-state index is -3.36. The molecule has 0 heterocycles. The van der Waals surface area contributed by atoms with Gasteiger partial charge in [0.05, 0.1) is 11.5 Å². The molecule has 0 spiro atoms. The number of rotatable bonds is 5. The minimum absolute atomic E-state index is 0.0274. The summed E-state index contributed by atoms with van der Waals surface area (Å²) in [7, 11) is -3.36. The standard InChI is InChI=1S/C26H41O6P/c1-24(2,3)23(28)30-16-31-33(6,29)32-22-10-9-20-19-8-7-17-15-18(27)11-13-25(17,4)21(19)12-14-26(20,22)5/h15,19-22H,7-14,16H2,1-6H3/t19-,20-,21-,22-,25-,26-,33?/m0/s1. The van der Waals surface area contributed by atoms with E-state index in [2.05, 4.69) is 13.8 Å². The van der Waals surface area contributed by atoms with E-state index in [1.165, 1.54) is 12.2 Å². The molecule has 7 heteroatoms. The van der Waals surface area contributed by atoms with Gasteiger partial charge in [0.1, 0.15) is 0 Å². The number of hydrogen-bond donors (Lipinski definition) is 0. The molecule has 186 valence electrons. The molecule has 6 nitrogen and oxygen atoms in total. The van der Waals surface area contributed by atoms with Crippen LogP contribution >= 0.6 is 7.60 Å². The van der Waals surface area contributed by atoms with Gasteiger partial charge in [-0.15, -0.1) is 0 Å². The van der Waals surface area contributed by atoms with Crippen molar-refractivity contribution in [3.63, 3.8) is 0 Å². The first-order chi connectivity index (χ1) is 15.3. The maximum atomic E-state index is 13.1. The summed E-state index contributed by atoms with van der Waals surface area (Å²) in [6, 6.07) is 0. The molecule has 0 aromatic rings. The second kappa shape index (κ2) is 8.60. The second-order valence-electron chi connectivity index (χ2n) is 12.4. The van der Waals surface area contributed by atoms with Gasteiger partial charge in [0.15, 0.2) is 5.78 Å². The van der Waals surface area contributed by atoms with Crippen LogP contribution in [0.1, 0.15) is 86.0 Å². The van der Waals surface area contributed by atoms with E-state index in [0.717, 1.165) is 44.9 Å². The van der Waals surface area contributed by atoms with Gasteiger partial charge in [-0.3, -0.25) is 18.7 Å². The third-order valence-corrected chi connectivity index (χ3v) is 10.5. The Balaban J connectivity index is 1.42. The van der Waals surface area contributed by atoms with Crippen LogP contribution in [-0.2, 0) is 27.9 Å². The summed E-state index contributed by atoms with van der Waals surface area (Å²) in [5.41, 5.74) is 0.868. The van der Waals surface area contributed by atoms with Gasteiger partial charge in [-0.2, -0.15) is 0 Å². The maximum Gasteiger partial charge on any atom is 0.330 e. The van der Waals surface area contributed by atoms with E-state index >= 15 is 0 Å². The van der Waals surface area contributed by atoms with Crippen LogP contribution < -0.4 is 0 Å². The molecule has 0 N–H and O–H groups in total. The summed E-state index contributed by atoms with van der Waals surface area (Å²) < 4.78 is 29.8. The van der Waals surface area contributed by atoms with Gasteiger partial charge in [0.2, 0.25) is 6.79 Å². The van der Waals surface area contributed by atoms with E-state index in [4.69, 9.17) is 13.8 Å². The van der Waals surface area contributed by atoms with E-state index in [1.807, 2.05) is 6.08 Å². The van der Waals surface area contributed by atoms with Crippen molar-refractivity contribution in [2.45, 2.75) is 92.1 Å². The lowest BCUT2D eigenvalue weighted by molar-refractivity contribution is -0.160. The first-order valence-corrected chi connectivity index (χ1v) is 14.6. The smallest absolute Gasteiger partial charge is 0.330 e. The lowest BCUT2D eigenvalue weighted by Gasteiger charge is -2.58. The molecule has 0 amide bonds. The quantitative estimate of drug-likeness (QED) is 0.261. The lowest BCUT2D eigenvalue weighted by Crippen LogP contribution is -2.51. The number of esters is 1. The van der Waals surface area contributed by atoms with Crippen molar-refractivity contribution in [1.29, 1.82) is 0 Å². The molecule has 0 bridgehead atoms. The van der Waals surface area contributed by atoms with Crippen molar-refractivity contribution in [3.05, 3.63) is 11.6 Å². The fourth-order valence-corrected chi connectivity index (χ4v) is 8.45. The highest BCUT2D eigenvalue weighted by atomic mass is 31.2. The Kier molecular flexibility index (Phi) is 6.55. The number of ether oxygens (including phenoxy) is 1. The van der Waals surface area contributed by atoms with Crippen molar-refractivity contribution in [2.75, 3.05) is 13.5 Å². The average Bonchev–Trinajstić information content (AvgIpc) is 3.03. The molecule has 0 aliphatic heterocycles. The Morgan fingerprint density at radius 1 is 1.09 bits per heavy atom. The summed E-state index contributed by atoms with van der Waals surface area (Å²) in [5, 5.41) is 0. The Hall–Kier alpha value is -0.970. The number of fused-ring (bicyclic) bond motifs is 5. The van der Waals surface area contributed by atoms with Crippen molar-refractivity contribution >= 4 is 19.3 Å². The van der Waals surface area contributed by atoms with Crippen LogP contribution in [0, 0.1) is 34.0 Å². The van der Waals surface area contributed by atoms with Gasteiger partial charge in [-0.05, 0) is 100 Å². The fourth-order valence-electron chi connectivity index (χ4n) is 7.34. The van der Waals surface area contributed by atoms with Crippen LogP contribution in [-0.4, -0.2) is 31.3 Å². The Bertz CT molecular complexity index is 888. The van der Waals surface area contributed by atoms with Crippen LogP contribution in [0.25, 0.3) is 0 Å². The van der Waals surface area contributed by atoms with Gasteiger partial charge < -0.3 is 9.26 Å². The SMILES string of the molecule is CC(C)(C)C(=O)OCOP(C)(=O)O[C@H]1CC[C@H]2[C@@H]3CCC4=CC(=O)CC[C@]4(C)[C@H]3CC[C@]12C. The first kappa shape index (κ1) is 25.1. The molecule has 3 saturated carbocycles. The molecule has 3 fully saturated rings. The number of carbonyl (C=O) groups excluding carboxylic acids is 2. The van der Waals surface area contributed by atoms with Gasteiger partial charge in [-0.25, -0.2) is 0 Å². The molecule has 0 radical (unpaired) electrons. The number of hydrogen-bond acceptors (Lipinski definition) is 6. The van der Waals surface area contributed by atoms with E-state index in [1.54, 1.807) is 20.8 Å². The minimum Gasteiger partial charge on any atom is -0.438 e. The van der Waals surface area contributed by atoms with Gasteiger partial charge in [0, 0.05) is 13.1 Å². The van der Waals surface area contributed by atoms with Gasteiger partial charge >= 0.3 is 13.6 Å². The maximum absolute atomic E-state index is 13.1. The molecule has 4 aliphatic carbocycles. The van der Waals surface area contributed by atoms with Crippen LogP contribution in [0.2, 0.25) is 0 Å². The first-order valence-electron chi connectivity index (χ1n) is 12.6. The van der Waals surface area contributed by atoms with E-state index < -0.39 is 19.0 Å². The Labute approximate surface area is 198 Å². The van der Waals surface area contributed by atoms with Gasteiger partial charge in [0.25, 0.3) is 0 Å².